The molecule has 0 aromatic carbocycles. The number of carbonyl (C=O) groups is 1. The van der Waals surface area contributed by atoms with E-state index < -0.39 is 5.97 Å². The summed E-state index contributed by atoms with van der Waals surface area (Å²) in [5.41, 5.74) is 0.237. The second-order valence-corrected chi connectivity index (χ2v) is 5.57. The lowest BCUT2D eigenvalue weighted by Gasteiger charge is -1.99. The van der Waals surface area contributed by atoms with E-state index in [-0.39, 0.29) is 5.56 Å². The van der Waals surface area contributed by atoms with E-state index in [2.05, 4.69) is 24.4 Å². The normalized spacial score (nSPS) is 10.8. The lowest BCUT2D eigenvalue weighted by Crippen LogP contribution is -2.11. The zero-order valence-corrected chi connectivity index (χ0v) is 11.8. The van der Waals surface area contributed by atoms with Gasteiger partial charge < -0.3 is 14.8 Å². The Labute approximate surface area is 116 Å². The number of carboxylic acid groups (broad SMARTS) is 1. The zero-order chi connectivity index (χ0) is 13.8. The van der Waals surface area contributed by atoms with Crippen molar-refractivity contribution in [3.63, 3.8) is 0 Å². The van der Waals surface area contributed by atoms with Gasteiger partial charge in [-0.3, -0.25) is 0 Å². The van der Waals surface area contributed by atoms with Crippen LogP contribution in [0.5, 0.6) is 0 Å². The van der Waals surface area contributed by atoms with Crippen LogP contribution in [0.2, 0.25) is 0 Å². The van der Waals surface area contributed by atoms with E-state index in [9.17, 15) is 4.79 Å². The predicted molar refractivity (Wildman–Crippen MR) is 74.6 cm³/mol. The maximum absolute atomic E-state index is 10.9. The van der Waals surface area contributed by atoms with Gasteiger partial charge >= 0.3 is 5.97 Å². The topological polar surface area (TPSA) is 62.5 Å². The molecule has 0 aliphatic rings. The third-order valence-corrected chi connectivity index (χ3v) is 4.09. The zero-order valence-electron chi connectivity index (χ0n) is 11.0. The molecule has 2 heterocycles. The average molecular weight is 279 g/mol. The van der Waals surface area contributed by atoms with Crippen LogP contribution in [0.4, 0.5) is 0 Å². The molecule has 2 rings (SSSR count). The summed E-state index contributed by atoms with van der Waals surface area (Å²) in [5, 5.41) is 12.2. The second-order valence-electron chi connectivity index (χ2n) is 4.31. The Morgan fingerprint density at radius 1 is 1.37 bits per heavy atom. The van der Waals surface area contributed by atoms with Gasteiger partial charge in [0, 0.05) is 16.3 Å². The molecule has 0 aliphatic heterocycles. The molecular weight excluding hydrogens is 262 g/mol. The van der Waals surface area contributed by atoms with E-state index in [1.54, 1.807) is 24.3 Å². The van der Waals surface area contributed by atoms with Gasteiger partial charge in [0.05, 0.1) is 6.54 Å². The van der Waals surface area contributed by atoms with Gasteiger partial charge in [0.2, 0.25) is 0 Å². The molecule has 2 aromatic heterocycles. The second kappa shape index (κ2) is 6.04. The SMILES string of the molecule is CCc1ccc(CNCc2cc(C(=O)O)c(C)o2)s1. The Balaban J connectivity index is 1.88. The molecule has 0 atom stereocenters. The molecule has 0 radical (unpaired) electrons. The van der Waals surface area contributed by atoms with Crippen molar-refractivity contribution in [2.75, 3.05) is 0 Å². The highest BCUT2D eigenvalue weighted by molar-refractivity contribution is 7.11. The van der Waals surface area contributed by atoms with Crippen molar-refractivity contribution in [1.82, 2.24) is 5.32 Å². The average Bonchev–Trinajstić information content (AvgIpc) is 2.96. The van der Waals surface area contributed by atoms with E-state index in [4.69, 9.17) is 9.52 Å². The fraction of sp³-hybridized carbons (Fsp3) is 0.357. The summed E-state index contributed by atoms with van der Waals surface area (Å²) in [4.78, 5) is 13.5. The highest BCUT2D eigenvalue weighted by atomic mass is 32.1. The van der Waals surface area contributed by atoms with E-state index in [1.165, 1.54) is 9.75 Å². The monoisotopic (exact) mass is 279 g/mol. The van der Waals surface area contributed by atoms with Crippen molar-refractivity contribution in [2.24, 2.45) is 0 Å². The minimum atomic E-state index is -0.946. The molecule has 0 unspecified atom stereocenters. The fourth-order valence-electron chi connectivity index (χ4n) is 1.86. The van der Waals surface area contributed by atoms with Gasteiger partial charge in [-0.25, -0.2) is 4.79 Å². The first-order valence-corrected chi connectivity index (χ1v) is 7.02. The molecule has 0 fully saturated rings. The summed E-state index contributed by atoms with van der Waals surface area (Å²) in [6.07, 6.45) is 1.06. The third-order valence-electron chi connectivity index (χ3n) is 2.86. The van der Waals surface area contributed by atoms with Crippen LogP contribution in [0.25, 0.3) is 0 Å². The third kappa shape index (κ3) is 3.45. The van der Waals surface area contributed by atoms with Crippen LogP contribution in [0.15, 0.2) is 22.6 Å². The summed E-state index contributed by atoms with van der Waals surface area (Å²) in [5.74, 6) is 0.161. The number of thiophene rings is 1. The lowest BCUT2D eigenvalue weighted by atomic mass is 10.2. The molecule has 0 saturated heterocycles. The largest absolute Gasteiger partial charge is 0.478 e. The van der Waals surface area contributed by atoms with Crippen molar-refractivity contribution in [2.45, 2.75) is 33.4 Å². The van der Waals surface area contributed by atoms with Crippen LogP contribution in [-0.4, -0.2) is 11.1 Å². The van der Waals surface area contributed by atoms with Crippen LogP contribution in [-0.2, 0) is 19.5 Å². The molecule has 2 N–H and O–H groups in total. The van der Waals surface area contributed by atoms with Crippen molar-refractivity contribution >= 4 is 17.3 Å². The Kier molecular flexibility index (Phi) is 4.39. The molecule has 19 heavy (non-hydrogen) atoms. The van der Waals surface area contributed by atoms with E-state index in [0.29, 0.717) is 18.1 Å². The molecule has 0 spiro atoms. The van der Waals surface area contributed by atoms with E-state index in [1.807, 2.05) is 0 Å². The minimum absolute atomic E-state index is 0.237. The van der Waals surface area contributed by atoms with Crippen LogP contribution >= 0.6 is 11.3 Å². The fourth-order valence-corrected chi connectivity index (χ4v) is 2.79. The first kappa shape index (κ1) is 13.8. The number of carboxylic acids is 1. The van der Waals surface area contributed by atoms with Gasteiger partial charge in [0.25, 0.3) is 0 Å². The van der Waals surface area contributed by atoms with E-state index in [0.717, 1.165) is 13.0 Å². The highest BCUT2D eigenvalue weighted by Gasteiger charge is 2.13. The van der Waals surface area contributed by atoms with Gasteiger partial charge in [-0.2, -0.15) is 0 Å². The smallest absolute Gasteiger partial charge is 0.339 e. The predicted octanol–water partition coefficient (Wildman–Crippen LogP) is 3.20. The molecule has 2 aromatic rings. The number of rotatable bonds is 6. The maximum Gasteiger partial charge on any atom is 0.339 e. The molecule has 0 saturated carbocycles. The number of aromatic carboxylic acids is 1. The van der Waals surface area contributed by atoms with Gasteiger partial charge in [-0.1, -0.05) is 6.92 Å². The molecular formula is C14H17NO3S. The minimum Gasteiger partial charge on any atom is -0.478 e. The first-order chi connectivity index (χ1) is 9.10. The van der Waals surface area contributed by atoms with Crippen LogP contribution in [0.1, 0.15) is 38.6 Å². The molecule has 102 valence electrons. The molecule has 0 aliphatic carbocycles. The Morgan fingerprint density at radius 3 is 2.68 bits per heavy atom. The number of aryl methyl sites for hydroxylation is 2. The first-order valence-electron chi connectivity index (χ1n) is 6.21. The molecule has 0 amide bonds. The van der Waals surface area contributed by atoms with Gasteiger partial charge in [0.1, 0.15) is 17.1 Å². The van der Waals surface area contributed by atoms with Crippen molar-refractivity contribution in [3.8, 4) is 0 Å². The number of nitrogens with one attached hydrogen (secondary N) is 1. The molecule has 4 nitrogen and oxygen atoms in total. The summed E-state index contributed by atoms with van der Waals surface area (Å²) >= 11 is 1.79. The highest BCUT2D eigenvalue weighted by Crippen LogP contribution is 2.17. The molecule has 0 bridgehead atoms. The van der Waals surface area contributed by atoms with Gasteiger partial charge in [-0.05, 0) is 31.5 Å². The van der Waals surface area contributed by atoms with Gasteiger partial charge in [0.15, 0.2) is 0 Å². The van der Waals surface area contributed by atoms with Crippen LogP contribution in [0.3, 0.4) is 0 Å². The molecule has 5 heteroatoms. The van der Waals surface area contributed by atoms with Crippen molar-refractivity contribution in [3.05, 3.63) is 45.0 Å². The summed E-state index contributed by atoms with van der Waals surface area (Å²) in [6, 6.07) is 5.84. The Bertz CT molecular complexity index is 571. The van der Waals surface area contributed by atoms with Crippen LogP contribution < -0.4 is 5.32 Å². The number of hydrogen-bond acceptors (Lipinski definition) is 4. The Hall–Kier alpha value is -1.59. The lowest BCUT2D eigenvalue weighted by molar-refractivity contribution is 0.0695. The maximum atomic E-state index is 10.9. The van der Waals surface area contributed by atoms with Crippen molar-refractivity contribution < 1.29 is 14.3 Å². The van der Waals surface area contributed by atoms with Crippen LogP contribution in [0, 0.1) is 6.92 Å². The summed E-state index contributed by atoms with van der Waals surface area (Å²) < 4.78 is 5.40. The van der Waals surface area contributed by atoms with Crippen molar-refractivity contribution in [1.29, 1.82) is 0 Å². The summed E-state index contributed by atoms with van der Waals surface area (Å²) in [7, 11) is 0. The van der Waals surface area contributed by atoms with Gasteiger partial charge in [-0.15, -0.1) is 11.3 Å². The van der Waals surface area contributed by atoms with E-state index >= 15 is 0 Å². The number of furan rings is 1. The number of hydrogen-bond donors (Lipinski definition) is 2. The summed E-state index contributed by atoms with van der Waals surface area (Å²) in [6.45, 7) is 5.11. The standard InChI is InChI=1S/C14H17NO3S/c1-3-11-4-5-12(19-11)8-15-7-10-6-13(14(16)17)9(2)18-10/h4-6,15H,3,7-8H2,1-2H3,(H,16,17). The Morgan fingerprint density at radius 2 is 2.11 bits per heavy atom. The quantitative estimate of drug-likeness (QED) is 0.852.